The van der Waals surface area contributed by atoms with E-state index in [1.54, 1.807) is 0 Å². The number of hydrazine groups is 1. The zero-order valence-electron chi connectivity index (χ0n) is 34.9. The number of unbranched alkanes of at least 4 members (excludes halogenated alkanes) is 12. The maximum atomic E-state index is 12.3. The second-order valence-electron chi connectivity index (χ2n) is 14.1. The van der Waals surface area contributed by atoms with Crippen molar-refractivity contribution in [1.29, 1.82) is 0 Å². The highest BCUT2D eigenvalue weighted by Gasteiger charge is 2.21. The third-order valence-electron chi connectivity index (χ3n) is 8.97. The Bertz CT molecular complexity index is 1170. The van der Waals surface area contributed by atoms with Crippen LogP contribution in [0.1, 0.15) is 122 Å². The SMILES string of the molecule is NN[C@@H](CCCCNC(=O)COCCOCCNC(=O)COCCOCCNC(=O)CC[C@H](NC(=O)CCCCCCCCCCCCCCC(=O)O)C(=O)O)C(N)=O. The number of carbonyl (C=O) groups excluding carboxylic acids is 5. The van der Waals surface area contributed by atoms with Crippen molar-refractivity contribution < 1.29 is 62.7 Å². The normalized spacial score (nSPS) is 12.0. The molecule has 2 atom stereocenters. The molecule has 20 nitrogen and oxygen atoms in total. The fourth-order valence-electron chi connectivity index (χ4n) is 5.62. The van der Waals surface area contributed by atoms with E-state index in [1.165, 1.54) is 19.3 Å². The number of amides is 5. The minimum Gasteiger partial charge on any atom is -0.481 e. The van der Waals surface area contributed by atoms with Crippen molar-refractivity contribution in [3.8, 4) is 0 Å². The number of carboxylic acids is 2. The molecule has 0 saturated carbocycles. The maximum Gasteiger partial charge on any atom is 0.326 e. The Balaban J connectivity index is 3.66. The average Bonchev–Trinajstić information content (AvgIpc) is 3.19. The maximum absolute atomic E-state index is 12.3. The predicted octanol–water partition coefficient (Wildman–Crippen LogP) is 0.785. The quantitative estimate of drug-likeness (QED) is 0.0233. The summed E-state index contributed by atoms with van der Waals surface area (Å²) in [6.07, 6.45) is 14.5. The van der Waals surface area contributed by atoms with Crippen LogP contribution in [0.25, 0.3) is 0 Å². The van der Waals surface area contributed by atoms with E-state index >= 15 is 0 Å². The molecule has 0 rings (SSSR count). The first-order valence-corrected chi connectivity index (χ1v) is 21.1. The first-order valence-electron chi connectivity index (χ1n) is 21.1. The van der Waals surface area contributed by atoms with Crippen molar-refractivity contribution >= 4 is 41.5 Å². The Morgan fingerprint density at radius 1 is 0.458 bits per heavy atom. The number of hydrogen-bond acceptors (Lipinski definition) is 13. The molecule has 59 heavy (non-hydrogen) atoms. The molecule has 0 bridgehead atoms. The molecule has 0 aromatic heterocycles. The van der Waals surface area contributed by atoms with Crippen molar-refractivity contribution in [3.05, 3.63) is 0 Å². The van der Waals surface area contributed by atoms with E-state index in [-0.39, 0.29) is 115 Å². The highest BCUT2D eigenvalue weighted by Crippen LogP contribution is 2.13. The molecular formula is C39H73N7O13. The van der Waals surface area contributed by atoms with Gasteiger partial charge in [0.2, 0.25) is 29.5 Å². The highest BCUT2D eigenvalue weighted by atomic mass is 16.5. The number of carboxylic acid groups (broad SMARTS) is 2. The summed E-state index contributed by atoms with van der Waals surface area (Å²) in [6, 6.07) is -1.74. The topological polar surface area (TPSA) is 309 Å². The number of ether oxygens (including phenoxy) is 4. The number of rotatable bonds is 43. The molecule has 5 amide bonds. The smallest absolute Gasteiger partial charge is 0.326 e. The first-order chi connectivity index (χ1) is 28.5. The van der Waals surface area contributed by atoms with Gasteiger partial charge in [-0.15, -0.1) is 0 Å². The number of hydrogen-bond donors (Lipinski definition) is 9. The molecule has 20 heteroatoms. The fourth-order valence-corrected chi connectivity index (χ4v) is 5.62. The summed E-state index contributed by atoms with van der Waals surface area (Å²) in [5.74, 6) is 1.50. The Morgan fingerprint density at radius 3 is 1.39 bits per heavy atom. The molecule has 0 radical (unpaired) electrons. The lowest BCUT2D eigenvalue weighted by atomic mass is 10.0. The number of aliphatic carboxylic acids is 2. The van der Waals surface area contributed by atoms with Crippen molar-refractivity contribution in [1.82, 2.24) is 26.7 Å². The predicted molar refractivity (Wildman–Crippen MR) is 218 cm³/mol. The summed E-state index contributed by atoms with van der Waals surface area (Å²) >= 11 is 0. The van der Waals surface area contributed by atoms with E-state index in [2.05, 4.69) is 26.7 Å². The van der Waals surface area contributed by atoms with Gasteiger partial charge in [0.05, 0.1) is 45.7 Å². The fraction of sp³-hybridized carbons (Fsp3) is 0.821. The van der Waals surface area contributed by atoms with Gasteiger partial charge in [0.25, 0.3) is 0 Å². The summed E-state index contributed by atoms with van der Waals surface area (Å²) in [7, 11) is 0. The third-order valence-corrected chi connectivity index (χ3v) is 8.97. The van der Waals surface area contributed by atoms with Gasteiger partial charge in [0.15, 0.2) is 0 Å². The van der Waals surface area contributed by atoms with E-state index in [1.807, 2.05) is 0 Å². The molecule has 0 saturated heterocycles. The van der Waals surface area contributed by atoms with Crippen LogP contribution in [-0.2, 0) is 52.5 Å². The van der Waals surface area contributed by atoms with E-state index in [9.17, 15) is 38.7 Å². The number of carbonyl (C=O) groups is 7. The van der Waals surface area contributed by atoms with Gasteiger partial charge in [-0.05, 0) is 38.5 Å². The van der Waals surface area contributed by atoms with Crippen LogP contribution in [0, 0.1) is 0 Å². The molecule has 0 aliphatic carbocycles. The van der Waals surface area contributed by atoms with Crippen LogP contribution in [0.2, 0.25) is 0 Å². The zero-order valence-corrected chi connectivity index (χ0v) is 34.9. The van der Waals surface area contributed by atoms with Gasteiger partial charge in [-0.25, -0.2) is 10.2 Å². The Kier molecular flexibility index (Phi) is 36.9. The minimum absolute atomic E-state index is 0.0350. The lowest BCUT2D eigenvalue weighted by Gasteiger charge is -2.14. The molecule has 342 valence electrons. The molecule has 0 aliphatic rings. The summed E-state index contributed by atoms with van der Waals surface area (Å²) < 4.78 is 21.3. The van der Waals surface area contributed by atoms with Crippen LogP contribution in [0.4, 0.5) is 0 Å². The van der Waals surface area contributed by atoms with Crippen molar-refractivity contribution in [2.24, 2.45) is 11.6 Å². The van der Waals surface area contributed by atoms with Crippen molar-refractivity contribution in [2.75, 3.05) is 72.5 Å². The molecule has 0 aliphatic heterocycles. The Labute approximate surface area is 348 Å². The van der Waals surface area contributed by atoms with E-state index in [4.69, 9.17) is 35.6 Å². The molecule has 11 N–H and O–H groups in total. The van der Waals surface area contributed by atoms with Crippen LogP contribution in [0.15, 0.2) is 0 Å². The van der Waals surface area contributed by atoms with E-state index < -0.39 is 29.9 Å². The van der Waals surface area contributed by atoms with Gasteiger partial charge in [0.1, 0.15) is 19.3 Å². The van der Waals surface area contributed by atoms with Crippen LogP contribution in [0.3, 0.4) is 0 Å². The largest absolute Gasteiger partial charge is 0.481 e. The number of primary amides is 1. The molecule has 0 aromatic carbocycles. The van der Waals surface area contributed by atoms with Gasteiger partial charge in [-0.1, -0.05) is 64.2 Å². The Morgan fingerprint density at radius 2 is 0.915 bits per heavy atom. The molecule has 0 heterocycles. The van der Waals surface area contributed by atoms with Gasteiger partial charge >= 0.3 is 11.9 Å². The highest BCUT2D eigenvalue weighted by molar-refractivity contribution is 5.84. The standard InChI is InChI=1S/C39H73N7O13/c40-38(53)31(46-41)15-13-14-20-42-35(49)29-58-27-26-57-24-22-44-36(50)30-59-28-25-56-23-21-43-33(47)19-18-32(39(54)55)45-34(48)16-11-9-7-5-3-1-2-4-6-8-10-12-17-37(51)52/h31-32,46H,1-30,41H2,(H2,40,53)(H,42,49)(H,43,47)(H,44,50)(H,45,48)(H,51,52)(H,54,55)/t31-,32-/m0/s1. The van der Waals surface area contributed by atoms with Gasteiger partial charge in [-0.2, -0.15) is 0 Å². The second kappa shape index (κ2) is 39.5. The lowest BCUT2D eigenvalue weighted by Crippen LogP contribution is -2.45. The van der Waals surface area contributed by atoms with Crippen LogP contribution in [-0.4, -0.2) is 136 Å². The van der Waals surface area contributed by atoms with E-state index in [0.717, 1.165) is 51.4 Å². The lowest BCUT2D eigenvalue weighted by molar-refractivity contribution is -0.142. The monoisotopic (exact) mass is 848 g/mol. The van der Waals surface area contributed by atoms with Gasteiger partial charge < -0.3 is 56.2 Å². The Hall–Kier alpha value is -3.95. The molecule has 0 fully saturated rings. The third kappa shape index (κ3) is 38.0. The minimum atomic E-state index is -1.19. The second-order valence-corrected chi connectivity index (χ2v) is 14.1. The molecule has 0 aromatic rings. The first kappa shape index (κ1) is 55.0. The number of nitrogens with one attached hydrogen (secondary N) is 5. The summed E-state index contributed by atoms with van der Waals surface area (Å²) in [5, 5.41) is 28.6. The summed E-state index contributed by atoms with van der Waals surface area (Å²) in [6.45, 7) is 1.85. The molecule has 0 spiro atoms. The van der Waals surface area contributed by atoms with Crippen LogP contribution < -0.4 is 38.3 Å². The van der Waals surface area contributed by atoms with Crippen LogP contribution >= 0.6 is 0 Å². The van der Waals surface area contributed by atoms with Crippen molar-refractivity contribution in [3.63, 3.8) is 0 Å². The van der Waals surface area contributed by atoms with Crippen LogP contribution in [0.5, 0.6) is 0 Å². The van der Waals surface area contributed by atoms with Gasteiger partial charge in [0, 0.05) is 38.9 Å². The molecular weight excluding hydrogens is 774 g/mol. The zero-order chi connectivity index (χ0) is 43.8. The average molecular weight is 848 g/mol. The molecule has 0 unspecified atom stereocenters. The van der Waals surface area contributed by atoms with E-state index in [0.29, 0.717) is 32.2 Å². The number of nitrogens with two attached hydrogens (primary N) is 2. The summed E-state index contributed by atoms with van der Waals surface area (Å²) in [5.41, 5.74) is 7.53. The summed E-state index contributed by atoms with van der Waals surface area (Å²) in [4.78, 5) is 81.3. The van der Waals surface area contributed by atoms with Gasteiger partial charge in [-0.3, -0.25) is 34.6 Å². The van der Waals surface area contributed by atoms with Crippen molar-refractivity contribution in [2.45, 2.75) is 134 Å².